The summed E-state index contributed by atoms with van der Waals surface area (Å²) >= 11 is 3.55. The van der Waals surface area contributed by atoms with Crippen molar-refractivity contribution in [3.8, 4) is 0 Å². The molecule has 0 aliphatic heterocycles. The highest BCUT2D eigenvalue weighted by Gasteiger charge is 2.28. The molecule has 2 rings (SSSR count). The van der Waals surface area contributed by atoms with E-state index in [-0.39, 0.29) is 0 Å². The monoisotopic (exact) mass is 267 g/mol. The van der Waals surface area contributed by atoms with Crippen molar-refractivity contribution in [1.29, 1.82) is 0 Å². The third kappa shape index (κ3) is 2.26. The maximum Gasteiger partial charge on any atom is 0.0352 e. The standard InChI is InChI=1S/C13H18BrN/c1-3-6-15-13-9(2)7-10-4-5-11(14)8-12(10)13/h4-5,8-9,13,15H,3,6-7H2,1-2H3. The van der Waals surface area contributed by atoms with Crippen molar-refractivity contribution < 1.29 is 0 Å². The second kappa shape index (κ2) is 4.67. The predicted molar refractivity (Wildman–Crippen MR) is 68.0 cm³/mol. The first kappa shape index (κ1) is 11.2. The van der Waals surface area contributed by atoms with Crippen LogP contribution in [0.1, 0.15) is 37.4 Å². The van der Waals surface area contributed by atoms with E-state index in [2.05, 4.69) is 53.3 Å². The lowest BCUT2D eigenvalue weighted by molar-refractivity contribution is 0.417. The number of benzene rings is 1. The van der Waals surface area contributed by atoms with Crippen LogP contribution in [-0.4, -0.2) is 6.54 Å². The van der Waals surface area contributed by atoms with E-state index in [1.54, 1.807) is 0 Å². The molecule has 1 aromatic rings. The number of rotatable bonds is 3. The van der Waals surface area contributed by atoms with Crippen LogP contribution in [0.3, 0.4) is 0 Å². The second-order valence-electron chi connectivity index (χ2n) is 4.46. The highest BCUT2D eigenvalue weighted by Crippen LogP contribution is 2.37. The summed E-state index contributed by atoms with van der Waals surface area (Å²) in [4.78, 5) is 0. The molecule has 0 amide bonds. The lowest BCUT2D eigenvalue weighted by atomic mass is 10.0. The van der Waals surface area contributed by atoms with Crippen LogP contribution in [0.25, 0.3) is 0 Å². The predicted octanol–water partition coefficient (Wildman–Crippen LogP) is 3.68. The van der Waals surface area contributed by atoms with Crippen LogP contribution in [0, 0.1) is 5.92 Å². The van der Waals surface area contributed by atoms with Gasteiger partial charge in [0.25, 0.3) is 0 Å². The van der Waals surface area contributed by atoms with Gasteiger partial charge in [0.1, 0.15) is 0 Å². The first-order chi connectivity index (χ1) is 7.22. The zero-order chi connectivity index (χ0) is 10.8. The second-order valence-corrected chi connectivity index (χ2v) is 5.37. The van der Waals surface area contributed by atoms with Gasteiger partial charge in [-0.15, -0.1) is 0 Å². The van der Waals surface area contributed by atoms with Crippen molar-refractivity contribution in [1.82, 2.24) is 5.32 Å². The Hall–Kier alpha value is -0.340. The van der Waals surface area contributed by atoms with Gasteiger partial charge in [-0.2, -0.15) is 0 Å². The Bertz CT molecular complexity index is 348. The van der Waals surface area contributed by atoms with Gasteiger partial charge in [0.15, 0.2) is 0 Å². The van der Waals surface area contributed by atoms with Crippen LogP contribution in [0.15, 0.2) is 22.7 Å². The van der Waals surface area contributed by atoms with Crippen LogP contribution < -0.4 is 5.32 Å². The summed E-state index contributed by atoms with van der Waals surface area (Å²) in [5.41, 5.74) is 3.00. The third-order valence-electron chi connectivity index (χ3n) is 3.17. The fourth-order valence-corrected chi connectivity index (χ4v) is 2.80. The molecule has 0 saturated carbocycles. The van der Waals surface area contributed by atoms with Gasteiger partial charge in [0.2, 0.25) is 0 Å². The first-order valence-corrected chi connectivity index (χ1v) is 6.53. The zero-order valence-corrected chi connectivity index (χ0v) is 11.0. The summed E-state index contributed by atoms with van der Waals surface area (Å²) in [5.74, 6) is 0.723. The van der Waals surface area contributed by atoms with Crippen LogP contribution in [-0.2, 0) is 6.42 Å². The number of hydrogen-bond donors (Lipinski definition) is 1. The molecule has 1 N–H and O–H groups in total. The van der Waals surface area contributed by atoms with Crippen LogP contribution in [0.4, 0.5) is 0 Å². The SMILES string of the molecule is CCCNC1c2cc(Br)ccc2CC1C. The maximum absolute atomic E-state index is 3.64. The van der Waals surface area contributed by atoms with Crippen molar-refractivity contribution in [2.75, 3.05) is 6.54 Å². The minimum atomic E-state index is 0.553. The topological polar surface area (TPSA) is 12.0 Å². The molecule has 0 spiro atoms. The Labute approximate surface area is 100 Å². The molecule has 0 aromatic heterocycles. The molecule has 1 aromatic carbocycles. The molecular weight excluding hydrogens is 250 g/mol. The van der Waals surface area contributed by atoms with Crippen molar-refractivity contribution in [2.24, 2.45) is 5.92 Å². The molecule has 0 heterocycles. The fourth-order valence-electron chi connectivity index (χ4n) is 2.42. The van der Waals surface area contributed by atoms with Crippen molar-refractivity contribution in [3.05, 3.63) is 33.8 Å². The molecule has 0 saturated heterocycles. The summed E-state index contributed by atoms with van der Waals surface area (Å²) in [6.07, 6.45) is 2.41. The molecule has 1 aliphatic carbocycles. The zero-order valence-electron chi connectivity index (χ0n) is 9.39. The Morgan fingerprint density at radius 3 is 3.00 bits per heavy atom. The van der Waals surface area contributed by atoms with Crippen LogP contribution in [0.2, 0.25) is 0 Å². The number of nitrogens with one attached hydrogen (secondary N) is 1. The number of halogens is 1. The Morgan fingerprint density at radius 2 is 2.27 bits per heavy atom. The molecule has 0 fully saturated rings. The van der Waals surface area contributed by atoms with Crippen molar-refractivity contribution >= 4 is 15.9 Å². The summed E-state index contributed by atoms with van der Waals surface area (Å²) in [7, 11) is 0. The summed E-state index contributed by atoms with van der Waals surface area (Å²) in [6, 6.07) is 7.22. The Kier molecular flexibility index (Phi) is 3.47. The minimum Gasteiger partial charge on any atom is -0.310 e. The molecule has 0 radical (unpaired) electrons. The molecule has 1 aliphatic rings. The number of hydrogen-bond acceptors (Lipinski definition) is 1. The molecule has 82 valence electrons. The third-order valence-corrected chi connectivity index (χ3v) is 3.66. The minimum absolute atomic E-state index is 0.553. The lowest BCUT2D eigenvalue weighted by Crippen LogP contribution is -2.24. The largest absolute Gasteiger partial charge is 0.310 e. The van der Waals surface area contributed by atoms with Gasteiger partial charge in [-0.3, -0.25) is 0 Å². The van der Waals surface area contributed by atoms with E-state index in [9.17, 15) is 0 Å². The van der Waals surface area contributed by atoms with E-state index >= 15 is 0 Å². The van der Waals surface area contributed by atoms with Gasteiger partial charge in [-0.05, 0) is 48.6 Å². The fraction of sp³-hybridized carbons (Fsp3) is 0.538. The smallest absolute Gasteiger partial charge is 0.0352 e. The van der Waals surface area contributed by atoms with Crippen LogP contribution in [0.5, 0.6) is 0 Å². The lowest BCUT2D eigenvalue weighted by Gasteiger charge is -2.18. The Morgan fingerprint density at radius 1 is 1.47 bits per heavy atom. The van der Waals surface area contributed by atoms with Crippen molar-refractivity contribution in [3.63, 3.8) is 0 Å². The summed E-state index contributed by atoms with van der Waals surface area (Å²) < 4.78 is 1.19. The van der Waals surface area contributed by atoms with Gasteiger partial charge in [0, 0.05) is 10.5 Å². The van der Waals surface area contributed by atoms with E-state index < -0.39 is 0 Å². The van der Waals surface area contributed by atoms with Crippen molar-refractivity contribution in [2.45, 2.75) is 32.7 Å². The van der Waals surface area contributed by atoms with E-state index in [0.29, 0.717) is 6.04 Å². The summed E-state index contributed by atoms with van der Waals surface area (Å²) in [5, 5.41) is 3.64. The summed E-state index contributed by atoms with van der Waals surface area (Å²) in [6.45, 7) is 5.66. The molecule has 2 atom stereocenters. The average molecular weight is 268 g/mol. The highest BCUT2D eigenvalue weighted by molar-refractivity contribution is 9.10. The van der Waals surface area contributed by atoms with Gasteiger partial charge >= 0.3 is 0 Å². The number of fused-ring (bicyclic) bond motifs is 1. The van der Waals surface area contributed by atoms with E-state index in [1.165, 1.54) is 28.4 Å². The van der Waals surface area contributed by atoms with E-state index in [4.69, 9.17) is 0 Å². The molecule has 1 nitrogen and oxygen atoms in total. The molecule has 2 unspecified atom stereocenters. The quantitative estimate of drug-likeness (QED) is 0.881. The Balaban J connectivity index is 2.23. The normalized spacial score (nSPS) is 24.2. The van der Waals surface area contributed by atoms with Gasteiger partial charge in [0.05, 0.1) is 0 Å². The molecular formula is C13H18BrN. The van der Waals surface area contributed by atoms with Crippen LogP contribution >= 0.6 is 15.9 Å². The maximum atomic E-state index is 3.64. The molecule has 15 heavy (non-hydrogen) atoms. The van der Waals surface area contributed by atoms with Gasteiger partial charge in [-0.25, -0.2) is 0 Å². The molecule has 0 bridgehead atoms. The van der Waals surface area contributed by atoms with Gasteiger partial charge < -0.3 is 5.32 Å². The van der Waals surface area contributed by atoms with Gasteiger partial charge in [-0.1, -0.05) is 35.8 Å². The highest BCUT2D eigenvalue weighted by atomic mass is 79.9. The van der Waals surface area contributed by atoms with E-state index in [0.717, 1.165) is 12.5 Å². The van der Waals surface area contributed by atoms with E-state index in [1.807, 2.05) is 0 Å². The average Bonchev–Trinajstić information content (AvgIpc) is 2.51. The molecule has 2 heteroatoms. The first-order valence-electron chi connectivity index (χ1n) is 5.74.